The van der Waals surface area contributed by atoms with Crippen molar-refractivity contribution in [3.63, 3.8) is 0 Å². The predicted molar refractivity (Wildman–Crippen MR) is 519 cm³/mol. The lowest BCUT2D eigenvalue weighted by Crippen LogP contribution is -2.27. The molecule has 14 nitrogen and oxygen atoms in total. The monoisotopic (exact) mass is 1880 g/mol. The van der Waals surface area contributed by atoms with Crippen LogP contribution in [0.3, 0.4) is 0 Å². The molecule has 1 aromatic heterocycles. The molecule has 133 heavy (non-hydrogen) atoms. The standard InChI is InChI=1S/C30H35F3N2O2.C28H31F3N2O2S.C25H24F3NO2S.C24H31N3S/c1-21-5-7-24(8-6-21)18-34-13-4-14-35(19-25-9-11-27(12-10-25)23(3)29(36)37)20-26-15-22(2)16-28(17-26)30(31,32)33;1-21-4-6-23(7-5-21)17-32-12-3-13-33(26-8-10-27(11-9-26)36-20-35-19-34)18-24-14-22(2)15-25(16-24)28(29,30)31;1-18-11-21(13-22(12-18)25(26,27)28)16-29(15-20-5-9-24(32-2)10-6-20)14-19-3-7-23(8-4-19)31-17-30;1-19-5-9-22(10-6-19)15-25-13-4-14-27(17-24-18-28-21(3)26-24)16-23-11-7-20(2)8-12-23/h5-12,15-17,23,34H,4,13-14,18-20H2,1-3H3,(H,36,37);4-11,14-16,19,32H,3,12-13,17-18,20H2,1-2H3;3-13,17H,14-16H2,1-2H3;5-12,18,25H,4,13-17H2,1-3H3. The van der Waals surface area contributed by atoms with E-state index in [1.165, 1.54) is 98.4 Å². The summed E-state index contributed by atoms with van der Waals surface area (Å²) in [5.41, 5.74) is 17.7. The fraction of sp³-hybridized carbons (Fsp3) is 0.327. The minimum atomic E-state index is -4.39. The first-order valence-electron chi connectivity index (χ1n) is 44.2. The van der Waals surface area contributed by atoms with Crippen molar-refractivity contribution >= 4 is 59.5 Å². The molecule has 1 atom stereocenters. The zero-order chi connectivity index (χ0) is 95.9. The van der Waals surface area contributed by atoms with E-state index in [2.05, 4.69) is 178 Å². The molecular weight excluding hydrogens is 1760 g/mol. The summed E-state index contributed by atoms with van der Waals surface area (Å²) in [6, 6.07) is 77.4. The lowest BCUT2D eigenvalue weighted by molar-refractivity contribution is -0.139. The average molecular weight is 1880 g/mol. The van der Waals surface area contributed by atoms with E-state index in [0.717, 1.165) is 121 Å². The van der Waals surface area contributed by atoms with Gasteiger partial charge in [-0.3, -0.25) is 29.1 Å². The summed E-state index contributed by atoms with van der Waals surface area (Å²) in [6.07, 6.45) is -8.36. The van der Waals surface area contributed by atoms with Crippen LogP contribution in [0, 0.1) is 55.4 Å². The molecule has 0 aliphatic carbocycles. The third-order valence-electron chi connectivity index (χ3n) is 21.8. The van der Waals surface area contributed by atoms with Gasteiger partial charge in [-0.2, -0.15) is 39.5 Å². The summed E-state index contributed by atoms with van der Waals surface area (Å²) in [7, 11) is 0. The fourth-order valence-electron chi connectivity index (χ4n) is 14.9. The minimum absolute atomic E-state index is 0.225. The number of halogens is 9. The van der Waals surface area contributed by atoms with Gasteiger partial charge in [0.15, 0.2) is 0 Å². The number of aliphatic carboxylic acids is 1. The Morgan fingerprint density at radius 2 is 0.767 bits per heavy atom. The smallest absolute Gasteiger partial charge is 0.416 e. The van der Waals surface area contributed by atoms with Gasteiger partial charge >= 0.3 is 24.5 Å². The topological polar surface area (TPSA) is 152 Å². The maximum Gasteiger partial charge on any atom is 0.416 e. The number of alkyl halides is 9. The van der Waals surface area contributed by atoms with Gasteiger partial charge in [-0.15, -0.1) is 23.1 Å². The summed E-state index contributed by atoms with van der Waals surface area (Å²) >= 11 is 4.78. The van der Waals surface area contributed by atoms with Crippen LogP contribution in [0.5, 0.6) is 5.75 Å². The Labute approximate surface area is 790 Å². The zero-order valence-corrected chi connectivity index (χ0v) is 79.6. The Hall–Kier alpha value is -10.9. The van der Waals surface area contributed by atoms with Crippen molar-refractivity contribution in [1.82, 2.24) is 35.6 Å². The SMILES string of the molecule is CSc1ccc(CN(Cc2ccc(OC=O)cc2)Cc2cc(C)cc(C(F)(F)F)c2)cc1.Cc1ccc(CNCCCN(Cc2cc(C)cc(C(F)(F)F)c2)c2ccc(SCOC=O)cc2)cc1.Cc1ccc(CNCCCN(Cc2ccc(C(C)C(=O)O)cc2)Cc2cc(C)cc(C(F)(F)F)c2)cc1.Cc1ccc(CNCCCN(Cc2ccc(C)cc2)Cc2csc(C)n2)cc1. The van der Waals surface area contributed by atoms with Gasteiger partial charge in [0.1, 0.15) is 11.7 Å². The van der Waals surface area contributed by atoms with E-state index in [-0.39, 0.29) is 5.94 Å². The van der Waals surface area contributed by atoms with Gasteiger partial charge in [-0.25, -0.2) is 4.98 Å². The van der Waals surface area contributed by atoms with Gasteiger partial charge < -0.3 is 35.4 Å². The second-order valence-electron chi connectivity index (χ2n) is 33.5. The Balaban J connectivity index is 0.000000200. The van der Waals surface area contributed by atoms with Crippen molar-refractivity contribution in [3.8, 4) is 5.75 Å². The van der Waals surface area contributed by atoms with Crippen molar-refractivity contribution in [2.45, 2.75) is 188 Å². The number of rotatable bonds is 44. The number of nitrogens with zero attached hydrogens (tertiary/aromatic N) is 5. The van der Waals surface area contributed by atoms with Crippen LogP contribution in [0.15, 0.2) is 264 Å². The fourth-order valence-corrected chi connectivity index (χ4v) is 16.5. The number of hydrogen-bond donors (Lipinski definition) is 4. The number of ether oxygens (including phenoxy) is 2. The van der Waals surface area contributed by atoms with Gasteiger partial charge in [-0.05, 0) is 254 Å². The molecule has 0 saturated carbocycles. The lowest BCUT2D eigenvalue weighted by Gasteiger charge is -2.26. The van der Waals surface area contributed by atoms with E-state index in [9.17, 15) is 59.0 Å². The number of anilines is 1. The molecule has 0 aliphatic heterocycles. The van der Waals surface area contributed by atoms with Gasteiger partial charge in [0.2, 0.25) is 0 Å². The predicted octanol–water partition coefficient (Wildman–Crippen LogP) is 25.1. The molecule has 1 heterocycles. The number of thioether (sulfide) groups is 2. The number of carbonyl (C=O) groups is 3. The maximum atomic E-state index is 13.4. The number of carboxylic acid groups (broad SMARTS) is 1. The minimum Gasteiger partial charge on any atom is -0.481 e. The molecule has 0 amide bonds. The Kier molecular flexibility index (Phi) is 42.8. The maximum absolute atomic E-state index is 13.4. The van der Waals surface area contributed by atoms with Gasteiger partial charge in [-0.1, -0.05) is 214 Å². The molecule has 4 N–H and O–H groups in total. The van der Waals surface area contributed by atoms with E-state index in [4.69, 9.17) is 9.47 Å². The summed E-state index contributed by atoms with van der Waals surface area (Å²) in [4.78, 5) is 47.7. The first-order chi connectivity index (χ1) is 63.6. The molecule has 706 valence electrons. The highest BCUT2D eigenvalue weighted by molar-refractivity contribution is 7.99. The number of thiazole rings is 1. The van der Waals surface area contributed by atoms with Crippen molar-refractivity contribution < 1.29 is 68.5 Å². The molecule has 11 aromatic carbocycles. The summed E-state index contributed by atoms with van der Waals surface area (Å²) in [5, 5.41) is 23.0. The molecule has 0 bridgehead atoms. The first-order valence-corrected chi connectivity index (χ1v) is 47.3. The number of hydrogen-bond acceptors (Lipinski definition) is 16. The van der Waals surface area contributed by atoms with Crippen molar-refractivity contribution in [2.24, 2.45) is 0 Å². The van der Waals surface area contributed by atoms with Crippen LogP contribution >= 0.6 is 34.9 Å². The van der Waals surface area contributed by atoms with Gasteiger partial charge in [0.25, 0.3) is 12.9 Å². The highest BCUT2D eigenvalue weighted by atomic mass is 32.2. The van der Waals surface area contributed by atoms with Crippen LogP contribution in [0.1, 0.15) is 160 Å². The number of nitrogens with one attached hydrogen (secondary N) is 3. The van der Waals surface area contributed by atoms with Crippen molar-refractivity contribution in [1.29, 1.82) is 0 Å². The van der Waals surface area contributed by atoms with Crippen LogP contribution in [-0.4, -0.2) is 95.2 Å². The number of carbonyl (C=O) groups excluding carboxylic acids is 2. The Bertz CT molecular complexity index is 5500. The number of benzene rings is 11. The molecule has 12 rings (SSSR count). The molecule has 0 saturated heterocycles. The quantitative estimate of drug-likeness (QED) is 0.00941. The van der Waals surface area contributed by atoms with Crippen LogP contribution in [-0.2, 0) is 110 Å². The molecule has 0 radical (unpaired) electrons. The lowest BCUT2D eigenvalue weighted by atomic mass is 10.00. The third kappa shape index (κ3) is 38.9. The molecule has 12 aromatic rings. The molecule has 26 heteroatoms. The molecule has 0 spiro atoms. The van der Waals surface area contributed by atoms with E-state index in [1.54, 1.807) is 81.1 Å². The van der Waals surface area contributed by atoms with E-state index >= 15 is 0 Å². The molecule has 0 aliphatic rings. The average Bonchev–Trinajstić information content (AvgIpc) is 1.70. The summed E-state index contributed by atoms with van der Waals surface area (Å²) in [6.45, 7) is 30.1. The normalized spacial score (nSPS) is 11.7. The Morgan fingerprint density at radius 1 is 0.414 bits per heavy atom. The number of aromatic nitrogens is 1. The third-order valence-corrected chi connectivity index (χ3v) is 24.3. The highest BCUT2D eigenvalue weighted by Gasteiger charge is 2.34. The molecular formula is C107H121F9N8O6S3. The van der Waals surface area contributed by atoms with Crippen molar-refractivity contribution in [2.75, 3.05) is 56.4 Å². The second kappa shape index (κ2) is 53.8. The van der Waals surface area contributed by atoms with E-state index < -0.39 is 47.1 Å². The largest absolute Gasteiger partial charge is 0.481 e. The van der Waals surface area contributed by atoms with Crippen LogP contribution in [0.2, 0.25) is 0 Å². The molecule has 0 fully saturated rings. The number of aryl methyl sites for hydroxylation is 8. The van der Waals surface area contributed by atoms with Crippen LogP contribution < -0.4 is 25.6 Å². The highest BCUT2D eigenvalue weighted by Crippen LogP contribution is 2.36. The van der Waals surface area contributed by atoms with Crippen LogP contribution in [0.25, 0.3) is 0 Å². The van der Waals surface area contributed by atoms with Crippen molar-refractivity contribution in [3.05, 3.63) is 382 Å². The van der Waals surface area contributed by atoms with Crippen LogP contribution in [0.4, 0.5) is 45.2 Å². The van der Waals surface area contributed by atoms with Gasteiger partial charge in [0.05, 0.1) is 33.3 Å². The van der Waals surface area contributed by atoms with Gasteiger partial charge in [0, 0.05) is 112 Å². The zero-order valence-electron chi connectivity index (χ0n) is 77.2. The first kappa shape index (κ1) is 106. The second-order valence-corrected chi connectivity index (χ2v) is 36.5. The molecule has 1 unspecified atom stereocenters. The summed E-state index contributed by atoms with van der Waals surface area (Å²) < 4.78 is 130. The number of carboxylic acids is 1. The van der Waals surface area contributed by atoms with E-state index in [1.807, 2.05) is 91.2 Å². The summed E-state index contributed by atoms with van der Waals surface area (Å²) in [5.74, 6) is -0.815. The Morgan fingerprint density at radius 3 is 1.15 bits per heavy atom. The van der Waals surface area contributed by atoms with E-state index in [0.29, 0.717) is 104 Å².